The number of nitrogens with two attached hydrogens (primary N) is 1. The SMILES string of the molecule is COc1ncc(-c2cc(C(F)(F)F)c3c(N)ncnn23)cc1C(=O)N[C@@H]1CN(Cc2ccccc2)C[C@@H]1F. The van der Waals surface area contributed by atoms with Crippen molar-refractivity contribution in [2.75, 3.05) is 25.9 Å². The Morgan fingerprint density at radius 1 is 1.18 bits per heavy atom. The van der Waals surface area contributed by atoms with Gasteiger partial charge in [-0.05, 0) is 17.7 Å². The van der Waals surface area contributed by atoms with Crippen molar-refractivity contribution in [3.63, 3.8) is 0 Å². The average Bonchev–Trinajstić information content (AvgIpc) is 3.45. The number of amides is 1. The van der Waals surface area contributed by atoms with E-state index in [9.17, 15) is 22.4 Å². The van der Waals surface area contributed by atoms with Gasteiger partial charge in [-0.2, -0.15) is 18.3 Å². The first-order valence-electron chi connectivity index (χ1n) is 11.6. The molecular formula is C25H23F4N7O2. The lowest BCUT2D eigenvalue weighted by Crippen LogP contribution is -2.41. The van der Waals surface area contributed by atoms with E-state index in [0.717, 1.165) is 22.5 Å². The van der Waals surface area contributed by atoms with E-state index in [-0.39, 0.29) is 41.6 Å². The standard InChI is InChI=1S/C25H23F4N7O2/c1-38-24-16(23(37)34-19-12-35(11-18(19)26)10-14-5-3-2-4-6-14)7-15(9-31-24)20-8-17(25(27,28)29)21-22(30)32-13-33-36(20)21/h2-9,13,18-19H,10-12H2,1H3,(H,34,37)(H2,30,32,33)/t18-,19+/m0/s1. The largest absolute Gasteiger partial charge is 0.480 e. The summed E-state index contributed by atoms with van der Waals surface area (Å²) in [5.74, 6) is -1.09. The van der Waals surface area contributed by atoms with E-state index in [1.807, 2.05) is 35.2 Å². The number of hydrogen-bond donors (Lipinski definition) is 2. The third-order valence-electron chi connectivity index (χ3n) is 6.36. The molecule has 198 valence electrons. The first-order valence-corrected chi connectivity index (χ1v) is 11.6. The Hall–Kier alpha value is -4.26. The summed E-state index contributed by atoms with van der Waals surface area (Å²) in [6, 6.07) is 11.0. The van der Waals surface area contributed by atoms with Gasteiger partial charge >= 0.3 is 6.18 Å². The molecule has 9 nitrogen and oxygen atoms in total. The number of nitrogen functional groups attached to an aromatic ring is 1. The predicted molar refractivity (Wildman–Crippen MR) is 130 cm³/mol. The van der Waals surface area contributed by atoms with Crippen LogP contribution in [0.15, 0.2) is 55.0 Å². The van der Waals surface area contributed by atoms with Crippen LogP contribution in [0.5, 0.6) is 5.88 Å². The molecule has 4 aromatic rings. The summed E-state index contributed by atoms with van der Waals surface area (Å²) in [5, 5.41) is 6.60. The van der Waals surface area contributed by atoms with Gasteiger partial charge in [0.05, 0.1) is 24.4 Å². The van der Waals surface area contributed by atoms with Crippen molar-refractivity contribution in [2.24, 2.45) is 0 Å². The number of carbonyl (C=O) groups excluding carboxylic acids is 1. The van der Waals surface area contributed by atoms with Crippen molar-refractivity contribution < 1.29 is 27.1 Å². The molecule has 1 saturated heterocycles. The molecule has 13 heteroatoms. The van der Waals surface area contributed by atoms with Gasteiger partial charge in [0.25, 0.3) is 5.91 Å². The predicted octanol–water partition coefficient (Wildman–Crippen LogP) is 3.35. The summed E-state index contributed by atoms with van der Waals surface area (Å²) in [7, 11) is 1.30. The first kappa shape index (κ1) is 25.4. The van der Waals surface area contributed by atoms with E-state index in [4.69, 9.17) is 10.5 Å². The zero-order valence-corrected chi connectivity index (χ0v) is 20.1. The van der Waals surface area contributed by atoms with Crippen LogP contribution in [-0.2, 0) is 12.7 Å². The summed E-state index contributed by atoms with van der Waals surface area (Å²) in [4.78, 5) is 22.9. The maximum absolute atomic E-state index is 14.8. The Labute approximate surface area is 214 Å². The zero-order chi connectivity index (χ0) is 27.0. The van der Waals surface area contributed by atoms with Gasteiger partial charge in [-0.1, -0.05) is 30.3 Å². The van der Waals surface area contributed by atoms with E-state index in [1.54, 1.807) is 0 Å². The molecule has 0 bridgehead atoms. The van der Waals surface area contributed by atoms with Gasteiger partial charge < -0.3 is 15.8 Å². The van der Waals surface area contributed by atoms with Crippen LogP contribution in [0.1, 0.15) is 21.5 Å². The van der Waals surface area contributed by atoms with Crippen LogP contribution >= 0.6 is 0 Å². The second-order valence-electron chi connectivity index (χ2n) is 8.90. The van der Waals surface area contributed by atoms with Crippen LogP contribution in [-0.4, -0.2) is 62.8 Å². The number of aromatic nitrogens is 4. The minimum Gasteiger partial charge on any atom is -0.480 e. The number of nitrogens with zero attached hydrogens (tertiary/aromatic N) is 5. The fourth-order valence-corrected chi connectivity index (χ4v) is 4.60. The fraction of sp³-hybridized carbons (Fsp3) is 0.280. The second-order valence-corrected chi connectivity index (χ2v) is 8.90. The van der Waals surface area contributed by atoms with Crippen LogP contribution < -0.4 is 15.8 Å². The highest BCUT2D eigenvalue weighted by molar-refractivity contribution is 5.98. The molecule has 0 aliphatic carbocycles. The highest BCUT2D eigenvalue weighted by Crippen LogP contribution is 2.39. The Morgan fingerprint density at radius 2 is 1.95 bits per heavy atom. The van der Waals surface area contributed by atoms with Crippen LogP contribution in [0.25, 0.3) is 16.8 Å². The average molecular weight is 529 g/mol. The molecule has 1 amide bonds. The van der Waals surface area contributed by atoms with Crippen molar-refractivity contribution in [1.29, 1.82) is 0 Å². The summed E-state index contributed by atoms with van der Waals surface area (Å²) in [5.41, 5.74) is 5.37. The molecule has 0 spiro atoms. The van der Waals surface area contributed by atoms with Crippen molar-refractivity contribution in [2.45, 2.75) is 24.9 Å². The van der Waals surface area contributed by atoms with Gasteiger partial charge in [0.15, 0.2) is 5.82 Å². The minimum absolute atomic E-state index is 0.0103. The molecule has 38 heavy (non-hydrogen) atoms. The minimum atomic E-state index is -4.73. The number of methoxy groups -OCH3 is 1. The van der Waals surface area contributed by atoms with Gasteiger partial charge in [0.2, 0.25) is 5.88 Å². The van der Waals surface area contributed by atoms with E-state index in [0.29, 0.717) is 6.54 Å². The van der Waals surface area contributed by atoms with Crippen LogP contribution in [0.4, 0.5) is 23.4 Å². The van der Waals surface area contributed by atoms with Gasteiger partial charge in [-0.25, -0.2) is 18.9 Å². The second kappa shape index (κ2) is 9.89. The van der Waals surface area contributed by atoms with E-state index in [2.05, 4.69) is 20.4 Å². The number of carbonyl (C=O) groups is 1. The van der Waals surface area contributed by atoms with Crippen LogP contribution in [0.3, 0.4) is 0 Å². The number of benzene rings is 1. The van der Waals surface area contributed by atoms with Crippen molar-refractivity contribution in [1.82, 2.24) is 29.8 Å². The smallest absolute Gasteiger partial charge is 0.418 e. The highest BCUT2D eigenvalue weighted by Gasteiger charge is 2.37. The lowest BCUT2D eigenvalue weighted by Gasteiger charge is -2.17. The van der Waals surface area contributed by atoms with Gasteiger partial charge in [0.1, 0.15) is 23.6 Å². The molecule has 2 atom stereocenters. The van der Waals surface area contributed by atoms with Gasteiger partial charge in [-0.3, -0.25) is 9.69 Å². The molecule has 1 aromatic carbocycles. The lowest BCUT2D eigenvalue weighted by molar-refractivity contribution is -0.136. The summed E-state index contributed by atoms with van der Waals surface area (Å²) in [6.45, 7) is 0.959. The molecule has 3 N–H and O–H groups in total. The first-order chi connectivity index (χ1) is 18.2. The molecule has 4 heterocycles. The summed E-state index contributed by atoms with van der Waals surface area (Å²) >= 11 is 0. The van der Waals surface area contributed by atoms with Crippen molar-refractivity contribution in [3.05, 3.63) is 71.7 Å². The monoisotopic (exact) mass is 529 g/mol. The lowest BCUT2D eigenvalue weighted by atomic mass is 10.1. The quantitative estimate of drug-likeness (QED) is 0.369. The Kier molecular flexibility index (Phi) is 6.61. The third kappa shape index (κ3) is 4.84. The van der Waals surface area contributed by atoms with Crippen molar-refractivity contribution >= 4 is 17.2 Å². The van der Waals surface area contributed by atoms with E-state index in [1.165, 1.54) is 19.4 Å². The molecular weight excluding hydrogens is 506 g/mol. The molecule has 1 aliphatic heterocycles. The number of pyridine rings is 1. The maximum atomic E-state index is 14.8. The number of fused-ring (bicyclic) bond motifs is 1. The number of halogens is 4. The van der Waals surface area contributed by atoms with E-state index >= 15 is 0 Å². The molecule has 0 saturated carbocycles. The maximum Gasteiger partial charge on any atom is 0.418 e. The normalized spacial score (nSPS) is 18.1. The molecule has 5 rings (SSSR count). The third-order valence-corrected chi connectivity index (χ3v) is 6.36. The number of nitrogens with one attached hydrogen (secondary N) is 1. The van der Waals surface area contributed by atoms with E-state index < -0.39 is 35.4 Å². The molecule has 1 aliphatic rings. The van der Waals surface area contributed by atoms with Crippen molar-refractivity contribution in [3.8, 4) is 17.1 Å². The Morgan fingerprint density at radius 3 is 2.66 bits per heavy atom. The van der Waals surface area contributed by atoms with Gasteiger partial charge in [0, 0.05) is 31.4 Å². The fourth-order valence-electron chi connectivity index (χ4n) is 4.60. The number of hydrogen-bond acceptors (Lipinski definition) is 7. The number of alkyl halides is 4. The van der Waals surface area contributed by atoms with Crippen LogP contribution in [0, 0.1) is 0 Å². The number of rotatable bonds is 6. The number of anilines is 1. The Bertz CT molecular complexity index is 1480. The summed E-state index contributed by atoms with van der Waals surface area (Å²) in [6.07, 6.45) is -3.76. The topological polar surface area (TPSA) is 111 Å². The molecule has 0 unspecified atom stereocenters. The molecule has 0 radical (unpaired) electrons. The zero-order valence-electron chi connectivity index (χ0n) is 20.1. The number of ether oxygens (including phenoxy) is 1. The Balaban J connectivity index is 1.43. The number of likely N-dealkylation sites (tertiary alicyclic amines) is 1. The molecule has 3 aromatic heterocycles. The molecule has 1 fully saturated rings. The van der Waals surface area contributed by atoms with Crippen LogP contribution in [0.2, 0.25) is 0 Å². The highest BCUT2D eigenvalue weighted by atomic mass is 19.4. The summed E-state index contributed by atoms with van der Waals surface area (Å²) < 4.78 is 62.2. The van der Waals surface area contributed by atoms with Gasteiger partial charge in [-0.15, -0.1) is 0 Å².